The highest BCUT2D eigenvalue weighted by Crippen LogP contribution is 2.32. The molecular weight excluding hydrogens is 230 g/mol. The fourth-order valence-electron chi connectivity index (χ4n) is 2.58. The smallest absolute Gasteiger partial charge is 0.410 e. The van der Waals surface area contributed by atoms with Crippen molar-refractivity contribution in [3.8, 4) is 11.5 Å². The summed E-state index contributed by atoms with van der Waals surface area (Å²) in [6, 6.07) is 5.64. The van der Waals surface area contributed by atoms with Crippen LogP contribution in [0.4, 0.5) is 4.79 Å². The Hall–Kier alpha value is -1.71. The van der Waals surface area contributed by atoms with Crippen molar-refractivity contribution in [2.45, 2.75) is 32.1 Å². The lowest BCUT2D eigenvalue weighted by Crippen LogP contribution is -2.16. The Morgan fingerprint density at radius 2 is 2.06 bits per heavy atom. The topological polar surface area (TPSA) is 61.6 Å². The third-order valence-corrected chi connectivity index (χ3v) is 3.44. The number of amides is 1. The van der Waals surface area contributed by atoms with Crippen molar-refractivity contribution in [1.29, 1.82) is 0 Å². The van der Waals surface area contributed by atoms with Gasteiger partial charge in [0.05, 0.1) is 7.11 Å². The van der Waals surface area contributed by atoms with E-state index in [1.807, 2.05) is 12.1 Å². The number of methoxy groups -OCH3 is 1. The van der Waals surface area contributed by atoms with E-state index in [1.165, 1.54) is 31.2 Å². The summed E-state index contributed by atoms with van der Waals surface area (Å²) >= 11 is 0. The molecule has 0 spiro atoms. The first-order chi connectivity index (χ1) is 8.69. The highest BCUT2D eigenvalue weighted by atomic mass is 16.6. The van der Waals surface area contributed by atoms with Crippen LogP contribution in [0, 0.1) is 5.92 Å². The molecule has 0 aliphatic heterocycles. The summed E-state index contributed by atoms with van der Waals surface area (Å²) in [5.41, 5.74) is 6.22. The Labute approximate surface area is 107 Å². The number of ether oxygens (including phenoxy) is 2. The number of benzene rings is 1. The van der Waals surface area contributed by atoms with Crippen LogP contribution in [0.1, 0.15) is 31.2 Å². The third kappa shape index (κ3) is 3.15. The van der Waals surface area contributed by atoms with Crippen molar-refractivity contribution in [2.24, 2.45) is 11.7 Å². The maximum Gasteiger partial charge on any atom is 0.410 e. The van der Waals surface area contributed by atoms with Gasteiger partial charge in [-0.05, 0) is 30.0 Å². The lowest BCUT2D eigenvalue weighted by molar-refractivity contribution is 0.208. The summed E-state index contributed by atoms with van der Waals surface area (Å²) in [4.78, 5) is 10.7. The van der Waals surface area contributed by atoms with Gasteiger partial charge in [-0.1, -0.05) is 31.7 Å². The average Bonchev–Trinajstić information content (AvgIpc) is 2.83. The summed E-state index contributed by atoms with van der Waals surface area (Å²) in [7, 11) is 1.56. The van der Waals surface area contributed by atoms with E-state index in [0.29, 0.717) is 11.5 Å². The van der Waals surface area contributed by atoms with Gasteiger partial charge in [0.2, 0.25) is 0 Å². The predicted molar refractivity (Wildman–Crippen MR) is 68.9 cm³/mol. The molecule has 0 bridgehead atoms. The Bertz CT molecular complexity index is 425. The fraction of sp³-hybridized carbons (Fsp3) is 0.500. The normalized spacial score (nSPS) is 15.6. The van der Waals surface area contributed by atoms with Crippen LogP contribution in [0.15, 0.2) is 18.2 Å². The average molecular weight is 249 g/mol. The Kier molecular flexibility index (Phi) is 4.07. The molecule has 4 heteroatoms. The van der Waals surface area contributed by atoms with Gasteiger partial charge in [0.25, 0.3) is 0 Å². The molecule has 0 atom stereocenters. The molecule has 0 heterocycles. The van der Waals surface area contributed by atoms with Crippen molar-refractivity contribution in [2.75, 3.05) is 7.11 Å². The molecule has 98 valence electrons. The second-order valence-electron chi connectivity index (χ2n) is 4.76. The van der Waals surface area contributed by atoms with Gasteiger partial charge < -0.3 is 15.2 Å². The predicted octanol–water partition coefficient (Wildman–Crippen LogP) is 2.89. The van der Waals surface area contributed by atoms with E-state index in [2.05, 4.69) is 0 Å². The summed E-state index contributed by atoms with van der Waals surface area (Å²) in [5, 5.41) is 0. The van der Waals surface area contributed by atoms with Gasteiger partial charge >= 0.3 is 6.09 Å². The van der Waals surface area contributed by atoms with E-state index in [9.17, 15) is 4.79 Å². The Balaban J connectivity index is 2.10. The van der Waals surface area contributed by atoms with Crippen molar-refractivity contribution in [1.82, 2.24) is 0 Å². The van der Waals surface area contributed by atoms with E-state index in [-0.39, 0.29) is 0 Å². The number of nitrogens with two attached hydrogens (primary N) is 1. The lowest BCUT2D eigenvalue weighted by Gasteiger charge is -2.12. The molecule has 18 heavy (non-hydrogen) atoms. The maximum atomic E-state index is 10.7. The van der Waals surface area contributed by atoms with Gasteiger partial charge in [0.15, 0.2) is 11.5 Å². The maximum absolute atomic E-state index is 10.7. The summed E-state index contributed by atoms with van der Waals surface area (Å²) in [6.45, 7) is 0. The van der Waals surface area contributed by atoms with Crippen molar-refractivity contribution in [3.05, 3.63) is 23.8 Å². The van der Waals surface area contributed by atoms with Crippen LogP contribution in [0.2, 0.25) is 0 Å². The molecule has 0 radical (unpaired) electrons. The first-order valence-electron chi connectivity index (χ1n) is 6.33. The number of primary amides is 1. The molecule has 2 rings (SSSR count). The molecule has 0 aromatic heterocycles. The molecule has 0 unspecified atom stereocenters. The van der Waals surface area contributed by atoms with Crippen LogP contribution in [0.5, 0.6) is 11.5 Å². The van der Waals surface area contributed by atoms with E-state index < -0.39 is 6.09 Å². The molecule has 4 nitrogen and oxygen atoms in total. The summed E-state index contributed by atoms with van der Waals surface area (Å²) < 4.78 is 10.1. The van der Waals surface area contributed by atoms with Crippen LogP contribution in [-0.2, 0) is 6.42 Å². The molecule has 1 aliphatic rings. The van der Waals surface area contributed by atoms with Crippen molar-refractivity contribution < 1.29 is 14.3 Å². The second-order valence-corrected chi connectivity index (χ2v) is 4.76. The fourth-order valence-corrected chi connectivity index (χ4v) is 2.58. The molecule has 1 saturated carbocycles. The monoisotopic (exact) mass is 249 g/mol. The first-order valence-corrected chi connectivity index (χ1v) is 6.33. The van der Waals surface area contributed by atoms with Gasteiger partial charge in [0.1, 0.15) is 0 Å². The zero-order valence-corrected chi connectivity index (χ0v) is 10.6. The van der Waals surface area contributed by atoms with E-state index in [4.69, 9.17) is 15.2 Å². The number of hydrogen-bond acceptors (Lipinski definition) is 3. The summed E-state index contributed by atoms with van der Waals surface area (Å²) in [5.74, 6) is 1.71. The van der Waals surface area contributed by atoms with Gasteiger partial charge in [0, 0.05) is 0 Å². The van der Waals surface area contributed by atoms with Crippen LogP contribution >= 0.6 is 0 Å². The first kappa shape index (κ1) is 12.7. The minimum atomic E-state index is -0.822. The van der Waals surface area contributed by atoms with E-state index in [1.54, 1.807) is 13.2 Å². The Morgan fingerprint density at radius 1 is 1.33 bits per heavy atom. The van der Waals surface area contributed by atoms with E-state index >= 15 is 0 Å². The largest absolute Gasteiger partial charge is 0.493 e. The number of carbonyl (C=O) groups is 1. The zero-order valence-electron chi connectivity index (χ0n) is 10.6. The molecule has 0 saturated heterocycles. The molecule has 1 amide bonds. The van der Waals surface area contributed by atoms with Gasteiger partial charge in [-0.2, -0.15) is 0 Å². The highest BCUT2D eigenvalue weighted by Gasteiger charge is 2.16. The molecule has 1 fully saturated rings. The third-order valence-electron chi connectivity index (χ3n) is 3.44. The SMILES string of the molecule is COc1cc(CC2CCCC2)ccc1OC(N)=O. The molecule has 1 aromatic rings. The highest BCUT2D eigenvalue weighted by molar-refractivity contribution is 5.69. The summed E-state index contributed by atoms with van der Waals surface area (Å²) in [6.07, 6.45) is 5.53. The minimum absolute atomic E-state index is 0.375. The van der Waals surface area contributed by atoms with Crippen LogP contribution < -0.4 is 15.2 Å². The molecular formula is C14H19NO3. The van der Waals surface area contributed by atoms with Crippen LogP contribution in [0.25, 0.3) is 0 Å². The standard InChI is InChI=1S/C14H19NO3/c1-17-13-9-11(8-10-4-2-3-5-10)6-7-12(13)18-14(15)16/h6-7,9-10H,2-5,8H2,1H3,(H2,15,16). The second kappa shape index (κ2) is 5.76. The van der Waals surface area contributed by atoms with Crippen LogP contribution in [-0.4, -0.2) is 13.2 Å². The lowest BCUT2D eigenvalue weighted by atomic mass is 9.98. The van der Waals surface area contributed by atoms with Gasteiger partial charge in [-0.15, -0.1) is 0 Å². The number of hydrogen-bond donors (Lipinski definition) is 1. The van der Waals surface area contributed by atoms with Crippen LogP contribution in [0.3, 0.4) is 0 Å². The minimum Gasteiger partial charge on any atom is -0.493 e. The number of rotatable bonds is 4. The van der Waals surface area contributed by atoms with E-state index in [0.717, 1.165) is 12.3 Å². The quantitative estimate of drug-likeness (QED) is 0.892. The molecule has 1 aromatic carbocycles. The van der Waals surface area contributed by atoms with Gasteiger partial charge in [-0.25, -0.2) is 4.79 Å². The number of carbonyl (C=O) groups excluding carboxylic acids is 1. The van der Waals surface area contributed by atoms with Crippen molar-refractivity contribution >= 4 is 6.09 Å². The molecule has 1 aliphatic carbocycles. The van der Waals surface area contributed by atoms with Gasteiger partial charge in [-0.3, -0.25) is 0 Å². The Morgan fingerprint density at radius 3 is 2.67 bits per heavy atom. The zero-order chi connectivity index (χ0) is 13.0. The van der Waals surface area contributed by atoms with Crippen molar-refractivity contribution in [3.63, 3.8) is 0 Å². The molecule has 2 N–H and O–H groups in total.